The second-order valence-electron chi connectivity index (χ2n) is 6.57. The summed E-state index contributed by atoms with van der Waals surface area (Å²) in [7, 11) is 1.71. The third kappa shape index (κ3) is 3.39. The van der Waals surface area contributed by atoms with Gasteiger partial charge in [-0.25, -0.2) is 0 Å². The van der Waals surface area contributed by atoms with Crippen LogP contribution in [0.3, 0.4) is 0 Å². The van der Waals surface area contributed by atoms with E-state index in [4.69, 9.17) is 4.74 Å². The van der Waals surface area contributed by atoms with Crippen LogP contribution in [0, 0.1) is 11.8 Å². The first-order chi connectivity index (χ1) is 10.4. The Morgan fingerprint density at radius 2 is 1.70 bits per heavy atom. The molecule has 0 aliphatic carbocycles. The van der Waals surface area contributed by atoms with Gasteiger partial charge < -0.3 is 10.1 Å². The van der Waals surface area contributed by atoms with E-state index in [-0.39, 0.29) is 24.8 Å². The van der Waals surface area contributed by atoms with Crippen LogP contribution in [0.5, 0.6) is 5.75 Å². The van der Waals surface area contributed by atoms with E-state index in [1.807, 2.05) is 12.1 Å². The Morgan fingerprint density at radius 1 is 1.09 bits per heavy atom. The number of methoxy groups -OCH3 is 1. The van der Waals surface area contributed by atoms with Crippen molar-refractivity contribution in [2.24, 2.45) is 11.8 Å². The highest BCUT2D eigenvalue weighted by Gasteiger charge is 2.53. The van der Waals surface area contributed by atoms with Crippen LogP contribution in [-0.4, -0.2) is 43.7 Å². The Balaban J connectivity index is 0.000000960. The van der Waals surface area contributed by atoms with Crippen molar-refractivity contribution in [1.29, 1.82) is 0 Å². The molecule has 2 bridgehead atoms. The monoisotopic (exact) mass is 356 g/mol. The molecular weight excluding hydrogens is 331 g/mol. The largest absolute Gasteiger partial charge is 0.497 e. The summed E-state index contributed by atoms with van der Waals surface area (Å²) in [4.78, 5) is 2.76. The number of nitrogens with one attached hydrogen (secondary N) is 1. The maximum atomic E-state index is 5.20. The van der Waals surface area contributed by atoms with E-state index in [0.29, 0.717) is 0 Å². The Labute approximate surface area is 151 Å². The van der Waals surface area contributed by atoms with Crippen molar-refractivity contribution in [2.45, 2.75) is 24.9 Å². The smallest absolute Gasteiger partial charge is 0.118 e. The van der Waals surface area contributed by atoms with Gasteiger partial charge in [-0.15, -0.1) is 24.8 Å². The Morgan fingerprint density at radius 3 is 2.26 bits per heavy atom. The summed E-state index contributed by atoms with van der Waals surface area (Å²) in [6.07, 6.45) is 7.39. The highest BCUT2D eigenvalue weighted by Crippen LogP contribution is 2.47. The van der Waals surface area contributed by atoms with E-state index in [1.54, 1.807) is 7.11 Å². The molecule has 3 nitrogen and oxygen atoms in total. The molecule has 4 rings (SSSR count). The maximum Gasteiger partial charge on any atom is 0.118 e. The van der Waals surface area contributed by atoms with Crippen LogP contribution in [-0.2, 0) is 0 Å². The van der Waals surface area contributed by atoms with Gasteiger partial charge >= 0.3 is 0 Å². The zero-order chi connectivity index (χ0) is 14.2. The molecule has 1 N–H and O–H groups in total. The van der Waals surface area contributed by atoms with Gasteiger partial charge in [-0.2, -0.15) is 0 Å². The Kier molecular flexibility index (Phi) is 6.38. The second-order valence-corrected chi connectivity index (χ2v) is 6.57. The number of nitrogens with zero attached hydrogens (tertiary/aromatic N) is 1. The molecule has 0 aromatic heterocycles. The average Bonchev–Trinajstić information content (AvgIpc) is 3.20. The van der Waals surface area contributed by atoms with Gasteiger partial charge in [0, 0.05) is 18.6 Å². The van der Waals surface area contributed by atoms with Gasteiger partial charge in [0.15, 0.2) is 0 Å². The highest BCUT2D eigenvalue weighted by atomic mass is 35.5. The second kappa shape index (κ2) is 7.89. The number of benzene rings is 1. The molecule has 1 aromatic rings. The van der Waals surface area contributed by atoms with E-state index in [9.17, 15) is 0 Å². The normalized spacial score (nSPS) is 31.7. The van der Waals surface area contributed by atoms with Crippen molar-refractivity contribution in [3.05, 3.63) is 35.9 Å². The quantitative estimate of drug-likeness (QED) is 0.896. The summed E-state index contributed by atoms with van der Waals surface area (Å²) in [5.41, 5.74) is 1.25. The number of hydrogen-bond donors (Lipinski definition) is 1. The highest BCUT2D eigenvalue weighted by molar-refractivity contribution is 5.85. The van der Waals surface area contributed by atoms with Crippen molar-refractivity contribution in [3.63, 3.8) is 0 Å². The fourth-order valence-electron chi connectivity index (χ4n) is 4.70. The van der Waals surface area contributed by atoms with E-state index in [0.717, 1.165) is 36.2 Å². The van der Waals surface area contributed by atoms with Gasteiger partial charge in [-0.1, -0.05) is 24.3 Å². The van der Waals surface area contributed by atoms with Gasteiger partial charge in [-0.05, 0) is 55.5 Å². The van der Waals surface area contributed by atoms with Crippen molar-refractivity contribution in [1.82, 2.24) is 10.2 Å². The summed E-state index contributed by atoms with van der Waals surface area (Å²) < 4.78 is 5.20. The first kappa shape index (κ1) is 18.6. The molecule has 0 spiro atoms. The van der Waals surface area contributed by atoms with Crippen molar-refractivity contribution in [3.8, 4) is 5.75 Å². The molecule has 5 heteroatoms. The SMILES string of the molecule is COc1ccc(/C=C/CN2[C@@H]3CC[C@H]2[C@H]2CNC[C@H]23)cc1.Cl.Cl. The lowest BCUT2D eigenvalue weighted by Gasteiger charge is -2.22. The topological polar surface area (TPSA) is 24.5 Å². The minimum atomic E-state index is 0. The Hall–Kier alpha value is -0.740. The molecule has 3 heterocycles. The third-order valence-electron chi connectivity index (χ3n) is 5.65. The summed E-state index contributed by atoms with van der Waals surface area (Å²) in [6, 6.07) is 9.94. The van der Waals surface area contributed by atoms with Crippen molar-refractivity contribution in [2.75, 3.05) is 26.7 Å². The van der Waals surface area contributed by atoms with E-state index in [1.165, 1.54) is 31.5 Å². The minimum Gasteiger partial charge on any atom is -0.497 e. The molecular formula is C18H26Cl2N2O. The molecule has 128 valence electrons. The molecule has 3 fully saturated rings. The first-order valence-corrected chi connectivity index (χ1v) is 8.14. The van der Waals surface area contributed by atoms with Crippen LogP contribution in [0.25, 0.3) is 6.08 Å². The number of hydrogen-bond acceptors (Lipinski definition) is 3. The average molecular weight is 357 g/mol. The fraction of sp³-hybridized carbons (Fsp3) is 0.556. The molecule has 1 aromatic carbocycles. The lowest BCUT2D eigenvalue weighted by Crippen LogP contribution is -2.34. The molecule has 0 radical (unpaired) electrons. The lowest BCUT2D eigenvalue weighted by atomic mass is 9.82. The van der Waals surface area contributed by atoms with Crippen molar-refractivity contribution >= 4 is 30.9 Å². The number of rotatable bonds is 4. The maximum absolute atomic E-state index is 5.20. The van der Waals surface area contributed by atoms with E-state index < -0.39 is 0 Å². The van der Waals surface area contributed by atoms with Crippen LogP contribution in [0.4, 0.5) is 0 Å². The molecule has 3 aliphatic rings. The van der Waals surface area contributed by atoms with E-state index in [2.05, 4.69) is 34.5 Å². The molecule has 0 saturated carbocycles. The van der Waals surface area contributed by atoms with Crippen LogP contribution >= 0.6 is 24.8 Å². The zero-order valence-electron chi connectivity index (χ0n) is 13.5. The van der Waals surface area contributed by atoms with Gasteiger partial charge in [0.1, 0.15) is 5.75 Å². The first-order valence-electron chi connectivity index (χ1n) is 8.14. The van der Waals surface area contributed by atoms with Crippen LogP contribution < -0.4 is 10.1 Å². The van der Waals surface area contributed by atoms with Gasteiger partial charge in [0.2, 0.25) is 0 Å². The number of fused-ring (bicyclic) bond motifs is 5. The zero-order valence-corrected chi connectivity index (χ0v) is 15.1. The summed E-state index contributed by atoms with van der Waals surface area (Å²) >= 11 is 0. The van der Waals surface area contributed by atoms with Crippen LogP contribution in [0.1, 0.15) is 18.4 Å². The van der Waals surface area contributed by atoms with Crippen molar-refractivity contribution < 1.29 is 4.74 Å². The lowest BCUT2D eigenvalue weighted by molar-refractivity contribution is 0.253. The predicted molar refractivity (Wildman–Crippen MR) is 99.9 cm³/mol. The fourth-order valence-corrected chi connectivity index (χ4v) is 4.70. The van der Waals surface area contributed by atoms with Crippen LogP contribution in [0.2, 0.25) is 0 Å². The molecule has 4 atom stereocenters. The van der Waals surface area contributed by atoms with Gasteiger partial charge in [-0.3, -0.25) is 4.90 Å². The number of halogens is 2. The molecule has 0 unspecified atom stereocenters. The Bertz CT molecular complexity index is 516. The molecule has 3 saturated heterocycles. The van der Waals surface area contributed by atoms with Gasteiger partial charge in [0.05, 0.1) is 7.11 Å². The molecule has 3 aliphatic heterocycles. The minimum absolute atomic E-state index is 0. The van der Waals surface area contributed by atoms with Crippen LogP contribution in [0.15, 0.2) is 30.3 Å². The number of ether oxygens (including phenoxy) is 1. The predicted octanol–water partition coefficient (Wildman–Crippen LogP) is 3.23. The summed E-state index contributed by atoms with van der Waals surface area (Å²) in [6.45, 7) is 3.59. The summed E-state index contributed by atoms with van der Waals surface area (Å²) in [5, 5.41) is 3.58. The standard InChI is InChI=1S/C18H24N2O.2ClH/c1-21-14-6-4-13(5-7-14)3-2-10-20-17-8-9-18(20)16-12-19-11-15(16)17;;/h2-7,15-19H,8-12H2,1H3;2*1H/b3-2+;;/t15-,16+,17-,18+;;. The van der Waals surface area contributed by atoms with E-state index >= 15 is 0 Å². The van der Waals surface area contributed by atoms with Gasteiger partial charge in [0.25, 0.3) is 0 Å². The third-order valence-corrected chi connectivity index (χ3v) is 5.65. The summed E-state index contributed by atoms with van der Waals surface area (Å²) in [5.74, 6) is 2.75. The molecule has 0 amide bonds. The molecule has 23 heavy (non-hydrogen) atoms.